The zero-order valence-electron chi connectivity index (χ0n) is 18.5. The molecule has 4 aliphatic rings. The van der Waals surface area contributed by atoms with E-state index in [1.54, 1.807) is 11.3 Å². The highest BCUT2D eigenvalue weighted by Gasteiger charge is 2.45. The van der Waals surface area contributed by atoms with Crippen LogP contribution < -0.4 is 5.32 Å². The Labute approximate surface area is 192 Å². The molecule has 2 fully saturated rings. The van der Waals surface area contributed by atoms with Gasteiger partial charge in [0.25, 0.3) is 0 Å². The highest BCUT2D eigenvalue weighted by molar-refractivity contribution is 7.15. The second-order valence-electron chi connectivity index (χ2n) is 8.99. The van der Waals surface area contributed by atoms with E-state index in [4.69, 9.17) is 15.1 Å². The number of piperidine rings is 1. The molecule has 1 unspecified atom stereocenters. The second kappa shape index (κ2) is 8.77. The van der Waals surface area contributed by atoms with Gasteiger partial charge in [-0.25, -0.2) is 0 Å². The number of carbonyl (C=O) groups excluding carboxylic acids is 1. The monoisotopic (exact) mass is 454 g/mol. The molecule has 5 rings (SSSR count). The first-order chi connectivity index (χ1) is 15.6. The zero-order valence-corrected chi connectivity index (χ0v) is 19.3. The first kappa shape index (κ1) is 21.3. The number of aliphatic imine (C=N–C) groups is 1. The van der Waals surface area contributed by atoms with E-state index in [0.29, 0.717) is 24.7 Å². The van der Waals surface area contributed by atoms with Crippen molar-refractivity contribution in [3.05, 3.63) is 28.6 Å². The number of aromatic nitrogens is 2. The average Bonchev–Trinajstić information content (AvgIpc) is 3.49. The molecule has 170 valence electrons. The minimum atomic E-state index is -0.633. The fraction of sp³-hybridized carbons (Fsp3) is 0.609. The van der Waals surface area contributed by atoms with Crippen molar-refractivity contribution in [2.45, 2.75) is 63.3 Å². The van der Waals surface area contributed by atoms with E-state index in [2.05, 4.69) is 26.5 Å². The predicted molar refractivity (Wildman–Crippen MR) is 125 cm³/mol. The van der Waals surface area contributed by atoms with Gasteiger partial charge >= 0.3 is 5.97 Å². The largest absolute Gasteiger partial charge is 0.466 e. The van der Waals surface area contributed by atoms with Crippen LogP contribution in [0.4, 0.5) is 5.13 Å². The molecule has 3 heterocycles. The Kier molecular flexibility index (Phi) is 5.84. The molecule has 0 bridgehead atoms. The lowest BCUT2D eigenvalue weighted by atomic mass is 9.76. The molecule has 2 aliphatic carbocycles. The topological polar surface area (TPSA) is 104 Å². The number of esters is 1. The normalized spacial score (nSPS) is 26.2. The van der Waals surface area contributed by atoms with Gasteiger partial charge in [-0.05, 0) is 38.7 Å². The van der Waals surface area contributed by atoms with E-state index in [9.17, 15) is 4.79 Å². The molecule has 8 nitrogen and oxygen atoms in total. The van der Waals surface area contributed by atoms with Crippen molar-refractivity contribution in [2.24, 2.45) is 10.9 Å². The fourth-order valence-electron chi connectivity index (χ4n) is 5.02. The number of dihydropyridines is 1. The standard InChI is InChI=1S/C23H30N6O2S/c1-2-31-21(30)16-8-11-29(12-9-16)17-13-18(24)23(25-14-17)10-7-19(23)26-22-28-27-20(32-22)15-5-3-4-6-15/h7,13-16,24H,2-6,8-12H2,1H3,(H,26,28). The number of ether oxygens (including phenoxy) is 1. The van der Waals surface area contributed by atoms with Gasteiger partial charge in [-0.2, -0.15) is 0 Å². The number of hydrogen-bond acceptors (Lipinski definition) is 9. The number of allylic oxidation sites excluding steroid dienone is 1. The number of hydrogen-bond donors (Lipinski definition) is 2. The van der Waals surface area contributed by atoms with Crippen LogP contribution in [0.1, 0.15) is 62.8 Å². The van der Waals surface area contributed by atoms with Crippen LogP contribution in [0.5, 0.6) is 0 Å². The maximum Gasteiger partial charge on any atom is 0.309 e. The third-order valence-electron chi connectivity index (χ3n) is 7.07. The van der Waals surface area contributed by atoms with Crippen molar-refractivity contribution >= 4 is 34.4 Å². The summed E-state index contributed by atoms with van der Waals surface area (Å²) in [5, 5.41) is 22.8. The highest BCUT2D eigenvalue weighted by Crippen LogP contribution is 2.42. The fourth-order valence-corrected chi connectivity index (χ4v) is 5.95. The number of rotatable bonds is 6. The van der Waals surface area contributed by atoms with Gasteiger partial charge in [-0.15, -0.1) is 10.2 Å². The summed E-state index contributed by atoms with van der Waals surface area (Å²) in [5.74, 6) is 0.439. The maximum atomic E-state index is 12.0. The zero-order chi connectivity index (χ0) is 22.1. The smallest absolute Gasteiger partial charge is 0.309 e. The molecule has 2 N–H and O–H groups in total. The highest BCUT2D eigenvalue weighted by atomic mass is 32.1. The Morgan fingerprint density at radius 2 is 2.06 bits per heavy atom. The van der Waals surface area contributed by atoms with E-state index in [1.165, 1.54) is 25.7 Å². The Bertz CT molecular complexity index is 984. The van der Waals surface area contributed by atoms with Gasteiger partial charge in [0.1, 0.15) is 10.5 Å². The van der Waals surface area contributed by atoms with Crippen molar-refractivity contribution in [1.82, 2.24) is 15.1 Å². The molecule has 1 saturated carbocycles. The molecule has 0 aromatic carbocycles. The molecule has 1 spiro atoms. The maximum absolute atomic E-state index is 12.0. The Morgan fingerprint density at radius 3 is 2.72 bits per heavy atom. The third kappa shape index (κ3) is 3.87. The molecular formula is C23H30N6O2S. The van der Waals surface area contributed by atoms with Crippen molar-refractivity contribution in [1.29, 1.82) is 5.41 Å². The Hall–Kier alpha value is -2.55. The van der Waals surface area contributed by atoms with Crippen LogP contribution >= 0.6 is 11.3 Å². The summed E-state index contributed by atoms with van der Waals surface area (Å²) >= 11 is 1.63. The molecule has 2 aliphatic heterocycles. The first-order valence-electron chi connectivity index (χ1n) is 11.7. The molecular weight excluding hydrogens is 424 g/mol. The van der Waals surface area contributed by atoms with Crippen LogP contribution in [-0.2, 0) is 9.53 Å². The van der Waals surface area contributed by atoms with Crippen LogP contribution in [0.15, 0.2) is 28.5 Å². The molecule has 1 aromatic heterocycles. The summed E-state index contributed by atoms with van der Waals surface area (Å²) in [4.78, 5) is 19.0. The van der Waals surface area contributed by atoms with E-state index in [0.717, 1.165) is 47.5 Å². The summed E-state index contributed by atoms with van der Waals surface area (Å²) in [6, 6.07) is 0. The summed E-state index contributed by atoms with van der Waals surface area (Å²) in [7, 11) is 0. The Balaban J connectivity index is 1.20. The first-order valence-corrected chi connectivity index (χ1v) is 12.5. The van der Waals surface area contributed by atoms with E-state index in [-0.39, 0.29) is 11.9 Å². The van der Waals surface area contributed by atoms with Crippen LogP contribution in [0.25, 0.3) is 0 Å². The van der Waals surface area contributed by atoms with E-state index < -0.39 is 5.54 Å². The van der Waals surface area contributed by atoms with Crippen molar-refractivity contribution in [3.63, 3.8) is 0 Å². The molecule has 0 radical (unpaired) electrons. The second-order valence-corrected chi connectivity index (χ2v) is 10.00. The minimum absolute atomic E-state index is 0.0236. The van der Waals surface area contributed by atoms with Gasteiger partial charge in [0.05, 0.1) is 23.9 Å². The number of carbonyl (C=O) groups is 1. The van der Waals surface area contributed by atoms with Crippen LogP contribution in [0.3, 0.4) is 0 Å². The van der Waals surface area contributed by atoms with Gasteiger partial charge in [0, 0.05) is 37.3 Å². The SMILES string of the molecule is CCOC(=O)C1CCN(C2=CC(=N)C3(CC=C3Nc3nnc(C4CCCC4)s3)N=C2)CC1. The summed E-state index contributed by atoms with van der Waals surface area (Å²) in [5.41, 5.74) is 1.73. The molecule has 1 atom stereocenters. The number of likely N-dealkylation sites (tertiary alicyclic amines) is 1. The molecule has 32 heavy (non-hydrogen) atoms. The number of nitrogens with zero attached hydrogens (tertiary/aromatic N) is 4. The van der Waals surface area contributed by atoms with Crippen LogP contribution in [0.2, 0.25) is 0 Å². The van der Waals surface area contributed by atoms with Gasteiger partial charge < -0.3 is 20.4 Å². The quantitative estimate of drug-likeness (QED) is 0.632. The van der Waals surface area contributed by atoms with Crippen LogP contribution in [-0.4, -0.2) is 58.2 Å². The van der Waals surface area contributed by atoms with Gasteiger partial charge in [-0.3, -0.25) is 9.79 Å². The van der Waals surface area contributed by atoms with Gasteiger partial charge in [0.15, 0.2) is 0 Å². The van der Waals surface area contributed by atoms with Gasteiger partial charge in [0.2, 0.25) is 5.13 Å². The van der Waals surface area contributed by atoms with Crippen molar-refractivity contribution < 1.29 is 9.53 Å². The molecule has 1 saturated heterocycles. The van der Waals surface area contributed by atoms with Crippen LogP contribution in [0, 0.1) is 11.3 Å². The summed E-state index contributed by atoms with van der Waals surface area (Å²) in [6.07, 6.45) is 13.1. The van der Waals surface area contributed by atoms with Crippen molar-refractivity contribution in [3.8, 4) is 0 Å². The molecule has 1 aromatic rings. The van der Waals surface area contributed by atoms with E-state index >= 15 is 0 Å². The van der Waals surface area contributed by atoms with E-state index in [1.807, 2.05) is 19.2 Å². The molecule has 0 amide bonds. The van der Waals surface area contributed by atoms with Crippen molar-refractivity contribution in [2.75, 3.05) is 25.0 Å². The third-order valence-corrected chi connectivity index (χ3v) is 8.07. The minimum Gasteiger partial charge on any atom is -0.466 e. The Morgan fingerprint density at radius 1 is 1.28 bits per heavy atom. The van der Waals surface area contributed by atoms with Gasteiger partial charge in [-0.1, -0.05) is 30.3 Å². The summed E-state index contributed by atoms with van der Waals surface area (Å²) in [6.45, 7) is 3.82. The lowest BCUT2D eigenvalue weighted by molar-refractivity contribution is -0.149. The average molecular weight is 455 g/mol. The summed E-state index contributed by atoms with van der Waals surface area (Å²) < 4.78 is 5.17. The number of anilines is 1. The lowest BCUT2D eigenvalue weighted by Crippen LogP contribution is -2.48. The predicted octanol–water partition coefficient (Wildman–Crippen LogP) is 3.90. The lowest BCUT2D eigenvalue weighted by Gasteiger charge is -2.41. The molecule has 9 heteroatoms. The number of nitrogens with one attached hydrogen (secondary N) is 2.